The summed E-state index contributed by atoms with van der Waals surface area (Å²) >= 11 is 9.67. The van der Waals surface area contributed by atoms with Crippen molar-refractivity contribution in [2.75, 3.05) is 0 Å². The van der Waals surface area contributed by atoms with E-state index < -0.39 is 17.9 Å². The number of carboxylic acids is 1. The smallest absolute Gasteiger partial charge is 0.266 e. The largest absolute Gasteiger partial charge is 0.548 e. The Balaban J connectivity index is 1.86. The van der Waals surface area contributed by atoms with E-state index in [1.165, 1.54) is 0 Å². The molecule has 0 unspecified atom stereocenters. The molecule has 1 saturated heterocycles. The summed E-state index contributed by atoms with van der Waals surface area (Å²) in [5.41, 5.74) is 0.905. The number of carboxylic acid groups (broad SMARTS) is 1. The normalized spacial score (nSPS) is 17.2. The molecule has 3 rings (SSSR count). The van der Waals surface area contributed by atoms with Crippen molar-refractivity contribution in [3.8, 4) is 11.3 Å². The lowest BCUT2D eigenvalue weighted by Gasteiger charge is -2.30. The van der Waals surface area contributed by atoms with Gasteiger partial charge in [0.1, 0.15) is 15.8 Å². The van der Waals surface area contributed by atoms with Gasteiger partial charge in [-0.05, 0) is 30.2 Å². The van der Waals surface area contributed by atoms with Crippen LogP contribution in [0.5, 0.6) is 0 Å². The number of carbonyl (C=O) groups is 2. The average Bonchev–Trinajstić information content (AvgIpc) is 3.16. The number of amides is 1. The van der Waals surface area contributed by atoms with Crippen molar-refractivity contribution >= 4 is 62.2 Å². The van der Waals surface area contributed by atoms with Crippen LogP contribution in [0.1, 0.15) is 19.6 Å². The highest BCUT2D eigenvalue weighted by Crippen LogP contribution is 2.36. The van der Waals surface area contributed by atoms with Gasteiger partial charge in [-0.3, -0.25) is 9.69 Å². The van der Waals surface area contributed by atoms with Gasteiger partial charge in [0.2, 0.25) is 0 Å². The second kappa shape index (κ2) is 8.00. The Morgan fingerprint density at radius 1 is 1.26 bits per heavy atom. The molecule has 5 nitrogen and oxygen atoms in total. The zero-order valence-corrected chi connectivity index (χ0v) is 17.7. The van der Waals surface area contributed by atoms with E-state index in [1.54, 1.807) is 26.0 Å². The molecular weight excluding hydrogens is 450 g/mol. The maximum Gasteiger partial charge on any atom is 0.266 e. The van der Waals surface area contributed by atoms with E-state index >= 15 is 0 Å². The minimum Gasteiger partial charge on any atom is -0.548 e. The zero-order chi connectivity index (χ0) is 19.7. The third-order valence-electron chi connectivity index (χ3n) is 4.00. The highest BCUT2D eigenvalue weighted by molar-refractivity contribution is 9.10. The van der Waals surface area contributed by atoms with Gasteiger partial charge < -0.3 is 14.3 Å². The molecule has 0 spiro atoms. The van der Waals surface area contributed by atoms with Crippen LogP contribution in [0.15, 0.2) is 50.2 Å². The molecule has 0 radical (unpaired) electrons. The lowest BCUT2D eigenvalue weighted by atomic mass is 10.0. The average molecular weight is 465 g/mol. The van der Waals surface area contributed by atoms with E-state index in [-0.39, 0.29) is 10.2 Å². The van der Waals surface area contributed by atoms with Gasteiger partial charge >= 0.3 is 0 Å². The van der Waals surface area contributed by atoms with Crippen LogP contribution in [0.2, 0.25) is 0 Å². The van der Waals surface area contributed by atoms with Crippen LogP contribution in [0.3, 0.4) is 0 Å². The van der Waals surface area contributed by atoms with Gasteiger partial charge in [-0.2, -0.15) is 0 Å². The number of benzene rings is 1. The molecule has 0 aliphatic carbocycles. The van der Waals surface area contributed by atoms with Gasteiger partial charge in [0.25, 0.3) is 5.91 Å². The van der Waals surface area contributed by atoms with Crippen LogP contribution in [-0.4, -0.2) is 27.1 Å². The minimum atomic E-state index is -1.32. The molecule has 1 aromatic carbocycles. The van der Waals surface area contributed by atoms with Crippen LogP contribution < -0.4 is 5.11 Å². The summed E-state index contributed by atoms with van der Waals surface area (Å²) in [5, 5.41) is 11.5. The number of nitrogens with zero attached hydrogens (tertiary/aromatic N) is 1. The summed E-state index contributed by atoms with van der Waals surface area (Å²) in [6, 6.07) is 10.1. The van der Waals surface area contributed by atoms with E-state index in [0.29, 0.717) is 16.4 Å². The minimum absolute atomic E-state index is 0.203. The molecule has 27 heavy (non-hydrogen) atoms. The van der Waals surface area contributed by atoms with Crippen molar-refractivity contribution in [1.29, 1.82) is 0 Å². The molecule has 1 atom stereocenters. The summed E-state index contributed by atoms with van der Waals surface area (Å²) < 4.78 is 6.97. The quantitative estimate of drug-likeness (QED) is 0.496. The Hall–Kier alpha value is -1.90. The standard InChI is InChI=1S/C19H16BrNO4S2/c1-10(2)16(18(23)24)21-17(22)15(27-19(21)26)9-13-7-8-14(25-13)11-3-5-12(20)6-4-11/h3-10,16H,1-2H3,(H,23,24)/p-1/b15-9+/t16-/m1/s1. The Morgan fingerprint density at radius 3 is 2.52 bits per heavy atom. The van der Waals surface area contributed by atoms with Crippen molar-refractivity contribution in [3.63, 3.8) is 0 Å². The number of thiocarbonyl (C=S) groups is 1. The lowest BCUT2D eigenvalue weighted by Crippen LogP contribution is -2.52. The maximum absolute atomic E-state index is 12.7. The van der Waals surface area contributed by atoms with E-state index in [9.17, 15) is 14.7 Å². The zero-order valence-electron chi connectivity index (χ0n) is 14.5. The number of thioether (sulfide) groups is 1. The second-order valence-electron chi connectivity index (χ2n) is 6.27. The van der Waals surface area contributed by atoms with E-state index in [0.717, 1.165) is 26.7 Å². The monoisotopic (exact) mass is 464 g/mol. The summed E-state index contributed by atoms with van der Waals surface area (Å²) in [5.74, 6) is -0.945. The number of rotatable bonds is 5. The Kier molecular flexibility index (Phi) is 5.88. The Labute approximate surface area is 174 Å². The number of hydrogen-bond donors (Lipinski definition) is 0. The van der Waals surface area contributed by atoms with Gasteiger partial charge in [-0.25, -0.2) is 0 Å². The molecule has 1 aliphatic rings. The molecule has 0 bridgehead atoms. The Bertz CT molecular complexity index is 933. The highest BCUT2D eigenvalue weighted by atomic mass is 79.9. The van der Waals surface area contributed by atoms with Gasteiger partial charge in [-0.1, -0.05) is 65.9 Å². The van der Waals surface area contributed by atoms with Crippen LogP contribution in [-0.2, 0) is 9.59 Å². The first-order valence-corrected chi connectivity index (χ1v) is 10.1. The number of hydrogen-bond acceptors (Lipinski definition) is 6. The van der Waals surface area contributed by atoms with Gasteiger partial charge in [-0.15, -0.1) is 0 Å². The summed E-state index contributed by atoms with van der Waals surface area (Å²) in [4.78, 5) is 25.6. The third kappa shape index (κ3) is 4.17. The molecule has 140 valence electrons. The third-order valence-corrected chi connectivity index (χ3v) is 5.86. The predicted molar refractivity (Wildman–Crippen MR) is 110 cm³/mol. The van der Waals surface area contributed by atoms with Crippen LogP contribution in [0, 0.1) is 5.92 Å². The molecule has 8 heteroatoms. The molecule has 1 aliphatic heterocycles. The number of carbonyl (C=O) groups excluding carboxylic acids is 2. The Morgan fingerprint density at radius 2 is 1.93 bits per heavy atom. The first kappa shape index (κ1) is 19.9. The fourth-order valence-corrected chi connectivity index (χ4v) is 4.30. The van der Waals surface area contributed by atoms with Crippen molar-refractivity contribution in [1.82, 2.24) is 4.90 Å². The molecule has 2 aromatic rings. The second-order valence-corrected chi connectivity index (χ2v) is 8.86. The highest BCUT2D eigenvalue weighted by Gasteiger charge is 2.39. The number of halogens is 1. The fraction of sp³-hybridized carbons (Fsp3) is 0.211. The molecule has 1 fully saturated rings. The van der Waals surface area contributed by atoms with Crippen molar-refractivity contribution < 1.29 is 19.1 Å². The SMILES string of the molecule is CC(C)[C@H](C(=O)[O-])N1C(=O)/C(=C\c2ccc(-c3ccc(Br)cc3)o2)SC1=S. The van der Waals surface area contributed by atoms with E-state index in [4.69, 9.17) is 16.6 Å². The van der Waals surface area contributed by atoms with Gasteiger partial charge in [0.15, 0.2) is 0 Å². The van der Waals surface area contributed by atoms with Crippen molar-refractivity contribution in [3.05, 3.63) is 51.5 Å². The molecular formula is C19H15BrNO4S2-. The fourth-order valence-electron chi connectivity index (χ4n) is 2.72. The first-order valence-electron chi connectivity index (χ1n) is 8.11. The molecule has 1 aromatic heterocycles. The van der Waals surface area contributed by atoms with E-state index in [2.05, 4.69) is 15.9 Å². The number of aliphatic carboxylic acids is 1. The van der Waals surface area contributed by atoms with E-state index in [1.807, 2.05) is 30.3 Å². The van der Waals surface area contributed by atoms with Gasteiger partial charge in [0.05, 0.1) is 16.9 Å². The molecule has 1 amide bonds. The summed E-state index contributed by atoms with van der Waals surface area (Å²) in [6.45, 7) is 3.42. The van der Waals surface area contributed by atoms with Crippen molar-refractivity contribution in [2.24, 2.45) is 5.92 Å². The van der Waals surface area contributed by atoms with Crippen molar-refractivity contribution in [2.45, 2.75) is 19.9 Å². The van der Waals surface area contributed by atoms with Crippen LogP contribution in [0.25, 0.3) is 17.4 Å². The maximum atomic E-state index is 12.7. The molecule has 0 N–H and O–H groups in total. The molecule has 0 saturated carbocycles. The number of furan rings is 1. The van der Waals surface area contributed by atoms with Gasteiger partial charge in [0, 0.05) is 16.1 Å². The summed E-state index contributed by atoms with van der Waals surface area (Å²) in [7, 11) is 0. The summed E-state index contributed by atoms with van der Waals surface area (Å²) in [6.07, 6.45) is 1.58. The van der Waals surface area contributed by atoms with Crippen LogP contribution >= 0.6 is 39.9 Å². The predicted octanol–water partition coefficient (Wildman–Crippen LogP) is 3.68. The molecule has 2 heterocycles. The first-order chi connectivity index (χ1) is 12.8. The topological polar surface area (TPSA) is 73.6 Å². The van der Waals surface area contributed by atoms with Crippen LogP contribution in [0.4, 0.5) is 0 Å². The lowest BCUT2D eigenvalue weighted by molar-refractivity contribution is -0.311.